The summed E-state index contributed by atoms with van der Waals surface area (Å²) < 4.78 is 5.01. The van der Waals surface area contributed by atoms with Crippen LogP contribution in [0.1, 0.15) is 0 Å². The van der Waals surface area contributed by atoms with E-state index in [2.05, 4.69) is 215 Å². The SMILES string of the molecule is c1ccc(N(c2ccc3sc4ccccc4c3c2)c2cc(N(c3ccccc3)c3ccccc3)c3c4ccccc4n(-c4ccccc4)c3c2)cc1. The zero-order valence-corrected chi connectivity index (χ0v) is 29.1. The van der Waals surface area contributed by atoms with Gasteiger partial charge in [0, 0.05) is 59.4 Å². The lowest BCUT2D eigenvalue weighted by Crippen LogP contribution is -2.14. The van der Waals surface area contributed by atoms with E-state index in [0.29, 0.717) is 0 Å². The van der Waals surface area contributed by atoms with Gasteiger partial charge in [0.2, 0.25) is 0 Å². The molecule has 8 aromatic carbocycles. The van der Waals surface area contributed by atoms with Crippen LogP contribution in [0, 0.1) is 0 Å². The fourth-order valence-electron chi connectivity index (χ4n) is 7.68. The van der Waals surface area contributed by atoms with Crippen LogP contribution in [0.25, 0.3) is 47.7 Å². The Bertz CT molecular complexity index is 2800. The average Bonchev–Trinajstić information content (AvgIpc) is 3.75. The summed E-state index contributed by atoms with van der Waals surface area (Å²) in [4.78, 5) is 4.82. The predicted molar refractivity (Wildman–Crippen MR) is 223 cm³/mol. The van der Waals surface area contributed by atoms with Crippen LogP contribution in [0.4, 0.5) is 34.1 Å². The van der Waals surface area contributed by atoms with Crippen molar-refractivity contribution < 1.29 is 0 Å². The van der Waals surface area contributed by atoms with E-state index >= 15 is 0 Å². The van der Waals surface area contributed by atoms with Crippen LogP contribution in [-0.2, 0) is 0 Å². The standard InChI is InChI=1S/C48H33N3S/c1-5-17-34(18-6-1)49(38-29-30-47-42(31-38)40-25-14-16-28-46(40)52-47)39-32-44(50(35-19-7-2-8-20-35)36-21-9-3-10-22-36)48-41-26-13-15-27-43(41)51(45(48)33-39)37-23-11-4-12-24-37/h1-33H. The number of anilines is 6. The molecular formula is C48H33N3S. The summed E-state index contributed by atoms with van der Waals surface area (Å²) in [6.45, 7) is 0. The van der Waals surface area contributed by atoms with Crippen molar-refractivity contribution in [2.75, 3.05) is 9.80 Å². The Kier molecular flexibility index (Phi) is 7.33. The second-order valence-electron chi connectivity index (χ2n) is 13.0. The number of para-hydroxylation sites is 5. The molecule has 52 heavy (non-hydrogen) atoms. The van der Waals surface area contributed by atoms with Crippen LogP contribution >= 0.6 is 11.3 Å². The van der Waals surface area contributed by atoms with E-state index in [1.54, 1.807) is 0 Å². The molecule has 0 fully saturated rings. The first-order valence-corrected chi connectivity index (χ1v) is 18.4. The van der Waals surface area contributed by atoms with Gasteiger partial charge in [-0.1, -0.05) is 109 Å². The van der Waals surface area contributed by atoms with Crippen LogP contribution in [-0.4, -0.2) is 4.57 Å². The molecule has 0 saturated heterocycles. The first-order chi connectivity index (χ1) is 25.8. The summed E-state index contributed by atoms with van der Waals surface area (Å²) in [5.74, 6) is 0. The third-order valence-corrected chi connectivity index (χ3v) is 11.1. The number of thiophene rings is 1. The highest BCUT2D eigenvalue weighted by atomic mass is 32.1. The Hall–Kier alpha value is -6.62. The monoisotopic (exact) mass is 683 g/mol. The Morgan fingerprint density at radius 2 is 0.885 bits per heavy atom. The van der Waals surface area contributed by atoms with Crippen LogP contribution in [0.5, 0.6) is 0 Å². The van der Waals surface area contributed by atoms with Crippen molar-refractivity contribution in [3.63, 3.8) is 0 Å². The van der Waals surface area contributed by atoms with Gasteiger partial charge in [-0.2, -0.15) is 0 Å². The lowest BCUT2D eigenvalue weighted by atomic mass is 10.0. The van der Waals surface area contributed by atoms with E-state index in [4.69, 9.17) is 0 Å². The maximum Gasteiger partial charge on any atom is 0.0583 e. The minimum absolute atomic E-state index is 1.07. The van der Waals surface area contributed by atoms with Crippen molar-refractivity contribution in [2.45, 2.75) is 0 Å². The number of rotatable bonds is 7. The van der Waals surface area contributed by atoms with Gasteiger partial charge in [0.05, 0.1) is 22.4 Å². The summed E-state index contributed by atoms with van der Waals surface area (Å²) in [5.41, 5.74) is 10.0. The molecule has 4 heteroatoms. The second-order valence-corrected chi connectivity index (χ2v) is 14.1. The smallest absolute Gasteiger partial charge is 0.0583 e. The normalized spacial score (nSPS) is 11.5. The second kappa shape index (κ2) is 12.6. The van der Waals surface area contributed by atoms with E-state index in [-0.39, 0.29) is 0 Å². The van der Waals surface area contributed by atoms with Crippen molar-refractivity contribution in [3.05, 3.63) is 200 Å². The zero-order valence-electron chi connectivity index (χ0n) is 28.3. The number of nitrogens with zero attached hydrogens (tertiary/aromatic N) is 3. The van der Waals surface area contributed by atoms with Crippen molar-refractivity contribution in [2.24, 2.45) is 0 Å². The molecule has 0 aliphatic carbocycles. The van der Waals surface area contributed by atoms with Gasteiger partial charge in [0.15, 0.2) is 0 Å². The molecule has 0 unspecified atom stereocenters. The summed E-state index contributed by atoms with van der Waals surface area (Å²) in [5, 5.41) is 4.96. The van der Waals surface area contributed by atoms with Gasteiger partial charge < -0.3 is 14.4 Å². The lowest BCUT2D eigenvalue weighted by Gasteiger charge is -2.30. The van der Waals surface area contributed by atoms with E-state index in [1.807, 2.05) is 11.3 Å². The van der Waals surface area contributed by atoms with E-state index in [0.717, 1.165) is 45.3 Å². The number of hydrogen-bond donors (Lipinski definition) is 0. The van der Waals surface area contributed by atoms with E-state index < -0.39 is 0 Å². The highest BCUT2D eigenvalue weighted by Gasteiger charge is 2.25. The quantitative estimate of drug-likeness (QED) is 0.166. The molecule has 0 amide bonds. The fraction of sp³-hybridized carbons (Fsp3) is 0. The topological polar surface area (TPSA) is 11.4 Å². The Morgan fingerprint density at radius 3 is 1.56 bits per heavy atom. The Balaban J connectivity index is 1.34. The minimum Gasteiger partial charge on any atom is -0.310 e. The summed E-state index contributed by atoms with van der Waals surface area (Å²) in [7, 11) is 0. The van der Waals surface area contributed by atoms with E-state index in [9.17, 15) is 0 Å². The molecule has 0 atom stereocenters. The van der Waals surface area contributed by atoms with Gasteiger partial charge in [-0.25, -0.2) is 0 Å². The van der Waals surface area contributed by atoms with Gasteiger partial charge in [-0.05, 0) is 91.0 Å². The predicted octanol–water partition coefficient (Wildman–Crippen LogP) is 14.1. The van der Waals surface area contributed by atoms with Crippen LogP contribution < -0.4 is 9.80 Å². The molecule has 0 aliphatic heterocycles. The number of hydrogen-bond acceptors (Lipinski definition) is 3. The molecule has 0 radical (unpaired) electrons. The summed E-state index contributed by atoms with van der Waals surface area (Å²) in [6.07, 6.45) is 0. The van der Waals surface area contributed by atoms with Crippen LogP contribution in [0.3, 0.4) is 0 Å². The van der Waals surface area contributed by atoms with Gasteiger partial charge >= 0.3 is 0 Å². The van der Waals surface area contributed by atoms with E-state index in [1.165, 1.54) is 36.5 Å². The zero-order chi connectivity index (χ0) is 34.4. The lowest BCUT2D eigenvalue weighted by molar-refractivity contribution is 1.17. The maximum absolute atomic E-state index is 2.42. The fourth-order valence-corrected chi connectivity index (χ4v) is 8.77. The highest BCUT2D eigenvalue weighted by Crippen LogP contribution is 2.48. The first kappa shape index (κ1) is 30.2. The van der Waals surface area contributed by atoms with Crippen molar-refractivity contribution >= 4 is 87.4 Å². The summed E-state index contributed by atoms with van der Waals surface area (Å²) in [6, 6.07) is 72.2. The summed E-state index contributed by atoms with van der Waals surface area (Å²) >= 11 is 1.85. The molecule has 10 aromatic rings. The Labute approximate surface area is 306 Å². The largest absolute Gasteiger partial charge is 0.310 e. The molecule has 2 heterocycles. The minimum atomic E-state index is 1.07. The van der Waals surface area contributed by atoms with Gasteiger partial charge in [-0.15, -0.1) is 11.3 Å². The van der Waals surface area contributed by atoms with Crippen molar-refractivity contribution in [1.29, 1.82) is 0 Å². The van der Waals surface area contributed by atoms with Gasteiger partial charge in [-0.3, -0.25) is 0 Å². The molecule has 0 bridgehead atoms. The van der Waals surface area contributed by atoms with Crippen molar-refractivity contribution in [1.82, 2.24) is 4.57 Å². The number of aromatic nitrogens is 1. The van der Waals surface area contributed by atoms with Crippen LogP contribution in [0.2, 0.25) is 0 Å². The molecule has 0 spiro atoms. The Morgan fingerprint density at radius 1 is 0.346 bits per heavy atom. The first-order valence-electron chi connectivity index (χ1n) is 17.6. The molecule has 10 rings (SSSR count). The van der Waals surface area contributed by atoms with Crippen molar-refractivity contribution in [3.8, 4) is 5.69 Å². The third-order valence-electron chi connectivity index (χ3n) is 9.91. The molecule has 3 nitrogen and oxygen atoms in total. The van der Waals surface area contributed by atoms with Gasteiger partial charge in [0.1, 0.15) is 0 Å². The maximum atomic E-state index is 2.42. The number of benzene rings is 8. The average molecular weight is 684 g/mol. The molecule has 0 saturated carbocycles. The molecular weight excluding hydrogens is 651 g/mol. The third kappa shape index (κ3) is 5.04. The molecule has 2 aromatic heterocycles. The number of fused-ring (bicyclic) bond motifs is 6. The molecule has 0 aliphatic rings. The molecule has 0 N–H and O–H groups in total. The van der Waals surface area contributed by atoms with Crippen LogP contribution in [0.15, 0.2) is 200 Å². The highest BCUT2D eigenvalue weighted by molar-refractivity contribution is 7.25. The van der Waals surface area contributed by atoms with Gasteiger partial charge in [0.25, 0.3) is 0 Å². The molecule has 246 valence electrons.